The first kappa shape index (κ1) is 14.7. The van der Waals surface area contributed by atoms with Gasteiger partial charge >= 0.3 is 0 Å². The second kappa shape index (κ2) is 6.63. The van der Waals surface area contributed by atoms with Gasteiger partial charge in [0.25, 0.3) is 5.91 Å². The maximum atomic E-state index is 12.3. The number of benzene rings is 1. The molecule has 1 amide bonds. The smallest absolute Gasteiger partial charge is 0.253 e. The summed E-state index contributed by atoms with van der Waals surface area (Å²) in [4.78, 5) is 27.0. The number of carbonyl (C=O) groups excluding carboxylic acids is 2. The summed E-state index contributed by atoms with van der Waals surface area (Å²) in [6.07, 6.45) is 0.402. The molecule has 5 heteroatoms. The molecule has 0 saturated carbocycles. The van der Waals surface area contributed by atoms with E-state index in [4.69, 9.17) is 0 Å². The van der Waals surface area contributed by atoms with Crippen LogP contribution in [-0.4, -0.2) is 65.9 Å². The number of amides is 1. The van der Waals surface area contributed by atoms with Crippen LogP contribution in [0.3, 0.4) is 0 Å². The van der Waals surface area contributed by atoms with E-state index in [2.05, 4.69) is 4.90 Å². The summed E-state index contributed by atoms with van der Waals surface area (Å²) < 4.78 is 0. The van der Waals surface area contributed by atoms with Crippen molar-refractivity contribution < 1.29 is 14.7 Å². The number of aliphatic hydroxyl groups is 1. The third-order valence-corrected chi connectivity index (χ3v) is 3.45. The van der Waals surface area contributed by atoms with Gasteiger partial charge in [-0.1, -0.05) is 12.1 Å². The molecule has 1 fully saturated rings. The molecular formula is C15H20N2O3. The molecule has 0 aliphatic carbocycles. The van der Waals surface area contributed by atoms with Gasteiger partial charge in [0, 0.05) is 43.9 Å². The van der Waals surface area contributed by atoms with Crippen molar-refractivity contribution in [2.24, 2.45) is 0 Å². The van der Waals surface area contributed by atoms with Crippen LogP contribution < -0.4 is 0 Å². The number of carbonyl (C=O) groups is 2. The normalized spacial score (nSPS) is 17.8. The molecular weight excluding hydrogens is 256 g/mol. The fraction of sp³-hybridized carbons (Fsp3) is 0.467. The summed E-state index contributed by atoms with van der Waals surface area (Å²) in [5.41, 5.74) is 1.07. The molecule has 0 bridgehead atoms. The van der Waals surface area contributed by atoms with Crippen molar-refractivity contribution in [1.82, 2.24) is 9.80 Å². The number of rotatable bonds is 4. The first-order chi connectivity index (χ1) is 9.60. The van der Waals surface area contributed by atoms with E-state index in [-0.39, 0.29) is 12.0 Å². The predicted molar refractivity (Wildman–Crippen MR) is 75.9 cm³/mol. The Labute approximate surface area is 118 Å². The van der Waals surface area contributed by atoms with E-state index in [0.717, 1.165) is 19.4 Å². The zero-order chi connectivity index (χ0) is 14.5. The van der Waals surface area contributed by atoms with E-state index in [0.29, 0.717) is 30.8 Å². The fourth-order valence-electron chi connectivity index (χ4n) is 2.43. The molecule has 5 nitrogen and oxygen atoms in total. The average Bonchev–Trinajstić information content (AvgIpc) is 2.47. The third kappa shape index (κ3) is 3.65. The highest BCUT2D eigenvalue weighted by Gasteiger charge is 2.22. The zero-order valence-electron chi connectivity index (χ0n) is 11.7. The summed E-state index contributed by atoms with van der Waals surface area (Å²) in [6.45, 7) is 5.24. The number of nitrogens with zero attached hydrogens (tertiary/aromatic N) is 2. The van der Waals surface area contributed by atoms with Crippen molar-refractivity contribution in [2.45, 2.75) is 13.0 Å². The highest BCUT2D eigenvalue weighted by Crippen LogP contribution is 2.10. The van der Waals surface area contributed by atoms with E-state index in [1.807, 2.05) is 0 Å². The highest BCUT2D eigenvalue weighted by molar-refractivity contribution is 5.95. The molecule has 1 aliphatic rings. The van der Waals surface area contributed by atoms with Gasteiger partial charge in [-0.25, -0.2) is 0 Å². The number of hydrogen-bond donors (Lipinski definition) is 1. The maximum Gasteiger partial charge on any atom is 0.253 e. The Bertz CT molecular complexity index is 480. The average molecular weight is 276 g/mol. The molecule has 0 radical (unpaired) electrons. The van der Waals surface area contributed by atoms with Gasteiger partial charge in [-0.15, -0.1) is 0 Å². The highest BCUT2D eigenvalue weighted by atomic mass is 16.3. The van der Waals surface area contributed by atoms with Gasteiger partial charge in [-0.3, -0.25) is 14.5 Å². The largest absolute Gasteiger partial charge is 0.392 e. The quantitative estimate of drug-likeness (QED) is 0.820. The van der Waals surface area contributed by atoms with Gasteiger partial charge in [0.2, 0.25) is 0 Å². The Morgan fingerprint density at radius 3 is 2.65 bits per heavy atom. The minimum Gasteiger partial charge on any atom is -0.392 e. The van der Waals surface area contributed by atoms with Crippen molar-refractivity contribution in [1.29, 1.82) is 0 Å². The molecule has 1 saturated heterocycles. The van der Waals surface area contributed by atoms with Crippen LogP contribution in [0.5, 0.6) is 0 Å². The summed E-state index contributed by atoms with van der Waals surface area (Å²) >= 11 is 0. The van der Waals surface area contributed by atoms with Gasteiger partial charge < -0.3 is 10.0 Å². The number of piperazine rings is 1. The van der Waals surface area contributed by atoms with Crippen LogP contribution in [0.4, 0.5) is 0 Å². The lowest BCUT2D eigenvalue weighted by Crippen LogP contribution is -2.50. The van der Waals surface area contributed by atoms with E-state index in [1.165, 1.54) is 0 Å². The molecule has 1 aliphatic heterocycles. The van der Waals surface area contributed by atoms with Crippen molar-refractivity contribution in [2.75, 3.05) is 32.7 Å². The summed E-state index contributed by atoms with van der Waals surface area (Å²) in [7, 11) is 0. The predicted octanol–water partition coefficient (Wildman–Crippen LogP) is 0.638. The van der Waals surface area contributed by atoms with Gasteiger partial charge in [0.15, 0.2) is 0 Å². The Morgan fingerprint density at radius 2 is 2.05 bits per heavy atom. The molecule has 1 aromatic carbocycles. The van der Waals surface area contributed by atoms with Crippen LogP contribution in [-0.2, 0) is 0 Å². The molecule has 1 aromatic rings. The summed E-state index contributed by atoms with van der Waals surface area (Å²) in [5.74, 6) is -0.0367. The molecule has 0 spiro atoms. The van der Waals surface area contributed by atoms with Crippen molar-refractivity contribution in [3.63, 3.8) is 0 Å². The number of hydrogen-bond acceptors (Lipinski definition) is 4. The standard InChI is InChI=1S/C15H20N2O3/c1-12(19)10-16-5-7-17(8-6-16)15(20)14-4-2-3-13(9-14)11-18/h2-4,9,11-12,19H,5-8,10H2,1H3. The second-order valence-electron chi connectivity index (χ2n) is 5.19. The number of aldehydes is 1. The van der Waals surface area contributed by atoms with Crippen LogP contribution >= 0.6 is 0 Å². The lowest BCUT2D eigenvalue weighted by Gasteiger charge is -2.35. The van der Waals surface area contributed by atoms with Gasteiger partial charge in [0.05, 0.1) is 6.10 Å². The van der Waals surface area contributed by atoms with Crippen LogP contribution in [0.15, 0.2) is 24.3 Å². The lowest BCUT2D eigenvalue weighted by molar-refractivity contribution is 0.0554. The SMILES string of the molecule is CC(O)CN1CCN(C(=O)c2cccc(C=O)c2)CC1. The topological polar surface area (TPSA) is 60.9 Å². The monoisotopic (exact) mass is 276 g/mol. The molecule has 1 heterocycles. The summed E-state index contributed by atoms with van der Waals surface area (Å²) in [5, 5.41) is 9.36. The fourth-order valence-corrected chi connectivity index (χ4v) is 2.43. The minimum absolute atomic E-state index is 0.0367. The third-order valence-electron chi connectivity index (χ3n) is 3.45. The van der Waals surface area contributed by atoms with E-state index >= 15 is 0 Å². The first-order valence-corrected chi connectivity index (χ1v) is 6.85. The van der Waals surface area contributed by atoms with Crippen molar-refractivity contribution in [3.05, 3.63) is 35.4 Å². The van der Waals surface area contributed by atoms with Crippen molar-refractivity contribution in [3.8, 4) is 0 Å². The van der Waals surface area contributed by atoms with E-state index in [1.54, 1.807) is 36.1 Å². The second-order valence-corrected chi connectivity index (χ2v) is 5.19. The molecule has 20 heavy (non-hydrogen) atoms. The number of β-amino-alcohol motifs (C(OH)–C–C–N with tert-alkyl or cyclic N) is 1. The Hall–Kier alpha value is -1.72. The zero-order valence-corrected chi connectivity index (χ0v) is 11.7. The van der Waals surface area contributed by atoms with E-state index < -0.39 is 0 Å². The maximum absolute atomic E-state index is 12.3. The molecule has 1 unspecified atom stereocenters. The van der Waals surface area contributed by atoms with E-state index in [9.17, 15) is 14.7 Å². The van der Waals surface area contributed by atoms with Crippen LogP contribution in [0.25, 0.3) is 0 Å². The molecule has 1 N–H and O–H groups in total. The molecule has 1 atom stereocenters. The molecule has 108 valence electrons. The lowest BCUT2D eigenvalue weighted by atomic mass is 10.1. The number of aliphatic hydroxyl groups excluding tert-OH is 1. The molecule has 2 rings (SSSR count). The van der Waals surface area contributed by atoms with Gasteiger partial charge in [0.1, 0.15) is 6.29 Å². The van der Waals surface area contributed by atoms with Crippen LogP contribution in [0.2, 0.25) is 0 Å². The first-order valence-electron chi connectivity index (χ1n) is 6.85. The van der Waals surface area contributed by atoms with Gasteiger partial charge in [-0.2, -0.15) is 0 Å². The minimum atomic E-state index is -0.346. The Kier molecular flexibility index (Phi) is 4.87. The Morgan fingerprint density at radius 1 is 1.35 bits per heavy atom. The Balaban J connectivity index is 1.96. The molecule has 0 aromatic heterocycles. The van der Waals surface area contributed by atoms with Crippen LogP contribution in [0, 0.1) is 0 Å². The van der Waals surface area contributed by atoms with Gasteiger partial charge in [-0.05, 0) is 19.1 Å². The van der Waals surface area contributed by atoms with Crippen LogP contribution in [0.1, 0.15) is 27.6 Å². The van der Waals surface area contributed by atoms with Crippen molar-refractivity contribution >= 4 is 12.2 Å². The summed E-state index contributed by atoms with van der Waals surface area (Å²) in [6, 6.07) is 6.76.